The fraction of sp³-hybridized carbons (Fsp3) is 0.714. The number of anilines is 2. The average Bonchev–Trinajstić information content (AvgIpc) is 2.82. The summed E-state index contributed by atoms with van der Waals surface area (Å²) >= 11 is 1.42. The Morgan fingerprint density at radius 2 is 2.00 bits per heavy atom. The Labute approximate surface area is 130 Å². The number of carbonyl (C=O) groups is 1. The lowest BCUT2D eigenvalue weighted by molar-refractivity contribution is 0.0722. The van der Waals surface area contributed by atoms with Crippen LogP contribution in [0, 0.1) is 0 Å². The first-order chi connectivity index (χ1) is 9.93. The highest BCUT2D eigenvalue weighted by atomic mass is 32.1. The van der Waals surface area contributed by atoms with Gasteiger partial charge in [-0.25, -0.2) is 4.98 Å². The van der Waals surface area contributed by atoms with Gasteiger partial charge in [0.2, 0.25) is 0 Å². The van der Waals surface area contributed by atoms with Crippen LogP contribution in [0.4, 0.5) is 10.9 Å². The summed E-state index contributed by atoms with van der Waals surface area (Å²) in [5.74, 6) is 0.348. The third-order valence-corrected chi connectivity index (χ3v) is 4.95. The molecule has 6 nitrogen and oxygen atoms in total. The van der Waals surface area contributed by atoms with E-state index in [0.717, 1.165) is 31.3 Å². The number of hydrogen-bond acceptors (Lipinski definition) is 6. The monoisotopic (exact) mass is 311 g/mol. The third-order valence-electron chi connectivity index (χ3n) is 3.84. The molecule has 1 fully saturated rings. The van der Waals surface area contributed by atoms with Gasteiger partial charge in [0.05, 0.1) is 0 Å². The number of aromatic nitrogens is 1. The smallest absolute Gasteiger partial charge is 0.268 e. The molecular weight excluding hydrogens is 286 g/mol. The van der Waals surface area contributed by atoms with Crippen molar-refractivity contribution in [1.82, 2.24) is 14.8 Å². The first kappa shape index (κ1) is 16.0. The zero-order valence-electron chi connectivity index (χ0n) is 13.3. The molecule has 1 aromatic rings. The van der Waals surface area contributed by atoms with Gasteiger partial charge >= 0.3 is 0 Å². The second-order valence-corrected chi connectivity index (χ2v) is 6.66. The van der Waals surface area contributed by atoms with Gasteiger partial charge in [-0.05, 0) is 27.8 Å². The van der Waals surface area contributed by atoms with Crippen molar-refractivity contribution >= 4 is 28.2 Å². The van der Waals surface area contributed by atoms with E-state index in [4.69, 9.17) is 5.73 Å². The Morgan fingerprint density at radius 1 is 1.38 bits per heavy atom. The molecule has 7 heteroatoms. The highest BCUT2D eigenvalue weighted by molar-refractivity contribution is 7.18. The second kappa shape index (κ2) is 6.62. The topological polar surface area (TPSA) is 65.7 Å². The molecular formula is C14H25N5OS. The van der Waals surface area contributed by atoms with Crippen LogP contribution >= 0.6 is 11.3 Å². The van der Waals surface area contributed by atoms with Crippen LogP contribution in [0.25, 0.3) is 0 Å². The van der Waals surface area contributed by atoms with Crippen molar-refractivity contribution in [2.24, 2.45) is 0 Å². The molecule has 0 radical (unpaired) electrons. The maximum absolute atomic E-state index is 12.6. The molecule has 2 N–H and O–H groups in total. The van der Waals surface area contributed by atoms with Gasteiger partial charge in [-0.3, -0.25) is 4.79 Å². The third kappa shape index (κ3) is 3.47. The van der Waals surface area contributed by atoms with Crippen LogP contribution in [0.2, 0.25) is 0 Å². The predicted molar refractivity (Wildman–Crippen MR) is 88.1 cm³/mol. The molecule has 0 unspecified atom stereocenters. The lowest BCUT2D eigenvalue weighted by atomic mass is 10.3. The Hall–Kier alpha value is -1.34. The van der Waals surface area contributed by atoms with Crippen LogP contribution in [0.3, 0.4) is 0 Å². The molecule has 118 valence electrons. The summed E-state index contributed by atoms with van der Waals surface area (Å²) in [5.41, 5.74) is 5.98. The van der Waals surface area contributed by atoms with Gasteiger partial charge in [0.1, 0.15) is 10.7 Å². The Balaban J connectivity index is 2.17. The number of rotatable bonds is 4. The van der Waals surface area contributed by atoms with E-state index in [2.05, 4.69) is 21.8 Å². The standard InChI is InChI=1S/C14H25N5OS/c1-5-19(10(2)3)13(20)11-12(15)16-14(21-11)18-8-6-17(4)7-9-18/h10H,5-9,15H2,1-4H3. The lowest BCUT2D eigenvalue weighted by Crippen LogP contribution is -2.44. The number of nitrogens with two attached hydrogens (primary N) is 1. The van der Waals surface area contributed by atoms with E-state index >= 15 is 0 Å². The number of hydrogen-bond donors (Lipinski definition) is 1. The van der Waals surface area contributed by atoms with Crippen LogP contribution in [0.15, 0.2) is 0 Å². The number of piperazine rings is 1. The highest BCUT2D eigenvalue weighted by Gasteiger charge is 2.25. The average molecular weight is 311 g/mol. The van der Waals surface area contributed by atoms with Crippen molar-refractivity contribution < 1.29 is 4.79 Å². The summed E-state index contributed by atoms with van der Waals surface area (Å²) in [6, 6.07) is 0.163. The molecule has 1 aromatic heterocycles. The zero-order chi connectivity index (χ0) is 15.6. The number of nitrogen functional groups attached to an aromatic ring is 1. The molecule has 1 aliphatic rings. The molecule has 2 rings (SSSR count). The molecule has 1 saturated heterocycles. The molecule has 0 bridgehead atoms. The largest absolute Gasteiger partial charge is 0.382 e. The van der Waals surface area contributed by atoms with E-state index < -0.39 is 0 Å². The number of nitrogens with zero attached hydrogens (tertiary/aromatic N) is 4. The van der Waals surface area contributed by atoms with Gasteiger partial charge in [-0.15, -0.1) is 0 Å². The van der Waals surface area contributed by atoms with E-state index in [1.165, 1.54) is 11.3 Å². The van der Waals surface area contributed by atoms with Gasteiger partial charge in [-0.2, -0.15) is 0 Å². The van der Waals surface area contributed by atoms with Crippen LogP contribution in [-0.4, -0.2) is 66.5 Å². The van der Waals surface area contributed by atoms with E-state index in [9.17, 15) is 4.79 Å². The second-order valence-electron chi connectivity index (χ2n) is 5.69. The molecule has 0 atom stereocenters. The molecule has 1 amide bonds. The van der Waals surface area contributed by atoms with Crippen LogP contribution in [0.1, 0.15) is 30.4 Å². The van der Waals surface area contributed by atoms with Crippen LogP contribution in [-0.2, 0) is 0 Å². The maximum Gasteiger partial charge on any atom is 0.268 e. The summed E-state index contributed by atoms with van der Waals surface area (Å²) in [6.07, 6.45) is 0. The van der Waals surface area contributed by atoms with Gasteiger partial charge < -0.3 is 20.4 Å². The molecule has 1 aliphatic heterocycles. The summed E-state index contributed by atoms with van der Waals surface area (Å²) < 4.78 is 0. The summed E-state index contributed by atoms with van der Waals surface area (Å²) in [7, 11) is 2.12. The van der Waals surface area contributed by atoms with Crippen molar-refractivity contribution in [3.05, 3.63) is 4.88 Å². The Bertz CT molecular complexity index is 494. The van der Waals surface area contributed by atoms with Gasteiger partial charge in [0, 0.05) is 38.8 Å². The molecule has 21 heavy (non-hydrogen) atoms. The van der Waals surface area contributed by atoms with Crippen molar-refractivity contribution in [1.29, 1.82) is 0 Å². The highest BCUT2D eigenvalue weighted by Crippen LogP contribution is 2.30. The van der Waals surface area contributed by atoms with Crippen molar-refractivity contribution in [2.75, 3.05) is 50.4 Å². The van der Waals surface area contributed by atoms with Crippen molar-refractivity contribution in [2.45, 2.75) is 26.8 Å². The summed E-state index contributed by atoms with van der Waals surface area (Å²) in [6.45, 7) is 10.6. The minimum Gasteiger partial charge on any atom is -0.382 e. The normalized spacial score (nSPS) is 16.5. The number of likely N-dealkylation sites (N-methyl/N-ethyl adjacent to an activating group) is 1. The van der Waals surface area contributed by atoms with E-state index in [1.54, 1.807) is 0 Å². The van der Waals surface area contributed by atoms with Gasteiger partial charge in [0.15, 0.2) is 5.13 Å². The minimum atomic E-state index is -0.0112. The van der Waals surface area contributed by atoms with Crippen LogP contribution < -0.4 is 10.6 Å². The quantitative estimate of drug-likeness (QED) is 0.909. The lowest BCUT2D eigenvalue weighted by Gasteiger charge is -2.32. The van der Waals surface area contributed by atoms with Crippen molar-refractivity contribution in [3.63, 3.8) is 0 Å². The predicted octanol–water partition coefficient (Wildman–Crippen LogP) is 1.35. The fourth-order valence-corrected chi connectivity index (χ4v) is 3.47. The minimum absolute atomic E-state index is 0.0112. The first-order valence-corrected chi connectivity index (χ1v) is 8.26. The van der Waals surface area contributed by atoms with E-state index in [1.807, 2.05) is 25.7 Å². The summed E-state index contributed by atoms with van der Waals surface area (Å²) in [5, 5.41) is 0.865. The number of amides is 1. The molecule has 2 heterocycles. The van der Waals surface area contributed by atoms with E-state index in [-0.39, 0.29) is 11.9 Å². The first-order valence-electron chi connectivity index (χ1n) is 7.44. The van der Waals surface area contributed by atoms with Crippen LogP contribution in [0.5, 0.6) is 0 Å². The number of thiazole rings is 1. The van der Waals surface area contributed by atoms with Gasteiger partial charge in [0.25, 0.3) is 5.91 Å². The Morgan fingerprint density at radius 3 is 2.52 bits per heavy atom. The molecule has 0 spiro atoms. The summed E-state index contributed by atoms with van der Waals surface area (Å²) in [4.78, 5) is 23.9. The Kier molecular flexibility index (Phi) is 5.05. The van der Waals surface area contributed by atoms with Crippen molar-refractivity contribution in [3.8, 4) is 0 Å². The maximum atomic E-state index is 12.6. The zero-order valence-corrected chi connectivity index (χ0v) is 14.1. The molecule has 0 saturated carbocycles. The van der Waals surface area contributed by atoms with Gasteiger partial charge in [-0.1, -0.05) is 11.3 Å². The molecule has 0 aliphatic carbocycles. The molecule has 0 aromatic carbocycles. The fourth-order valence-electron chi connectivity index (χ4n) is 2.48. The number of carbonyl (C=O) groups excluding carboxylic acids is 1. The van der Waals surface area contributed by atoms with E-state index in [0.29, 0.717) is 17.2 Å². The SMILES string of the molecule is CCN(C(=O)c1sc(N2CCN(C)CC2)nc1N)C(C)C.